The van der Waals surface area contributed by atoms with E-state index in [1.165, 1.54) is 25.8 Å². The third-order valence-corrected chi connectivity index (χ3v) is 5.98. The van der Waals surface area contributed by atoms with Crippen molar-refractivity contribution in [2.24, 2.45) is 17.6 Å². The summed E-state index contributed by atoms with van der Waals surface area (Å²) in [6.45, 7) is 7.02. The summed E-state index contributed by atoms with van der Waals surface area (Å²) in [5.41, 5.74) is 5.41. The fourth-order valence-electron chi connectivity index (χ4n) is 4.67. The van der Waals surface area contributed by atoms with Crippen LogP contribution in [0.15, 0.2) is 0 Å². The summed E-state index contributed by atoms with van der Waals surface area (Å²) in [7, 11) is 0. The first-order valence-corrected chi connectivity index (χ1v) is 8.83. The number of hydrogen-bond donors (Lipinski definition) is 2. The molecule has 0 aromatic heterocycles. The van der Waals surface area contributed by atoms with Crippen LogP contribution in [0.4, 0.5) is 0 Å². The van der Waals surface area contributed by atoms with E-state index in [2.05, 4.69) is 24.1 Å². The smallest absolute Gasteiger partial charge is 0.238 e. The summed E-state index contributed by atoms with van der Waals surface area (Å²) in [6, 6.07) is 1.24. The van der Waals surface area contributed by atoms with Gasteiger partial charge in [0.1, 0.15) is 5.54 Å². The molecule has 0 spiro atoms. The first-order chi connectivity index (χ1) is 10.0. The van der Waals surface area contributed by atoms with Crippen LogP contribution in [0.1, 0.15) is 58.8 Å². The Kier molecular flexibility index (Phi) is 4.28. The van der Waals surface area contributed by atoms with E-state index in [1.54, 1.807) is 0 Å². The molecule has 4 atom stereocenters. The lowest BCUT2D eigenvalue weighted by molar-refractivity contribution is -0.126. The third kappa shape index (κ3) is 3.11. The van der Waals surface area contributed by atoms with E-state index in [9.17, 15) is 4.79 Å². The van der Waals surface area contributed by atoms with E-state index >= 15 is 0 Å². The number of carbonyl (C=O) groups excluding carboxylic acids is 1. The molecule has 0 radical (unpaired) electrons. The second-order valence-corrected chi connectivity index (χ2v) is 7.82. The Bertz CT molecular complexity index is 395. The van der Waals surface area contributed by atoms with Gasteiger partial charge in [-0.3, -0.25) is 4.79 Å². The minimum atomic E-state index is -0.407. The zero-order chi connectivity index (χ0) is 15.0. The lowest BCUT2D eigenvalue weighted by Crippen LogP contribution is -2.59. The van der Waals surface area contributed by atoms with Gasteiger partial charge in [-0.25, -0.2) is 0 Å². The van der Waals surface area contributed by atoms with Crippen molar-refractivity contribution in [1.82, 2.24) is 10.2 Å². The molecule has 3 rings (SSSR count). The highest BCUT2D eigenvalue weighted by Gasteiger charge is 2.49. The highest BCUT2D eigenvalue weighted by molar-refractivity contribution is 5.85. The van der Waals surface area contributed by atoms with Crippen LogP contribution in [0.2, 0.25) is 0 Å². The number of hydrogen-bond acceptors (Lipinski definition) is 3. The average molecular weight is 293 g/mol. The fourth-order valence-corrected chi connectivity index (χ4v) is 4.67. The maximum atomic E-state index is 12.2. The van der Waals surface area contributed by atoms with Crippen molar-refractivity contribution in [1.29, 1.82) is 0 Å². The van der Waals surface area contributed by atoms with Crippen LogP contribution in [0.25, 0.3) is 0 Å². The zero-order valence-corrected chi connectivity index (χ0v) is 13.6. The van der Waals surface area contributed by atoms with Gasteiger partial charge in [0.25, 0.3) is 0 Å². The number of nitrogens with zero attached hydrogens (tertiary/aromatic N) is 1. The maximum absolute atomic E-state index is 12.2. The van der Waals surface area contributed by atoms with E-state index < -0.39 is 5.54 Å². The number of carbonyl (C=O) groups is 1. The first kappa shape index (κ1) is 15.3. The van der Waals surface area contributed by atoms with Crippen molar-refractivity contribution in [3.8, 4) is 0 Å². The van der Waals surface area contributed by atoms with Crippen LogP contribution in [-0.4, -0.2) is 41.5 Å². The number of amides is 1. The van der Waals surface area contributed by atoms with Crippen molar-refractivity contribution >= 4 is 5.91 Å². The number of nitrogens with two attached hydrogens (primary N) is 1. The minimum absolute atomic E-state index is 0.111. The molecule has 1 saturated heterocycles. The summed E-state index contributed by atoms with van der Waals surface area (Å²) in [5.74, 6) is 1.13. The van der Waals surface area contributed by atoms with Crippen LogP contribution < -0.4 is 11.1 Å². The second kappa shape index (κ2) is 5.88. The van der Waals surface area contributed by atoms with Gasteiger partial charge in [-0.15, -0.1) is 0 Å². The Morgan fingerprint density at radius 1 is 1.33 bits per heavy atom. The number of likely N-dealkylation sites (tertiary alicyclic amines) is 1. The molecule has 21 heavy (non-hydrogen) atoms. The standard InChI is InChI=1S/C17H31N3O/c1-12-10-13(2)20(11-12)9-7-14-4-3-8-17(14,16(18)21)19-15-5-6-15/h12-15,19H,3-11H2,1-2H3,(H2,18,21). The van der Waals surface area contributed by atoms with Crippen molar-refractivity contribution in [3.63, 3.8) is 0 Å². The number of nitrogens with one attached hydrogen (secondary N) is 1. The van der Waals surface area contributed by atoms with Crippen molar-refractivity contribution in [2.45, 2.75) is 76.4 Å². The minimum Gasteiger partial charge on any atom is -0.368 e. The molecule has 3 N–H and O–H groups in total. The Morgan fingerprint density at radius 3 is 2.67 bits per heavy atom. The zero-order valence-electron chi connectivity index (χ0n) is 13.6. The molecule has 1 heterocycles. The predicted octanol–water partition coefficient (Wildman–Crippen LogP) is 1.88. The molecule has 2 aliphatic carbocycles. The van der Waals surface area contributed by atoms with Crippen LogP contribution in [0.5, 0.6) is 0 Å². The average Bonchev–Trinajstić information content (AvgIpc) is 3.03. The molecular formula is C17H31N3O. The lowest BCUT2D eigenvalue weighted by atomic mass is 9.83. The number of rotatable bonds is 6. The highest BCUT2D eigenvalue weighted by Crippen LogP contribution is 2.40. The largest absolute Gasteiger partial charge is 0.368 e. The van der Waals surface area contributed by atoms with E-state index in [1.807, 2.05) is 0 Å². The van der Waals surface area contributed by atoms with Crippen LogP contribution >= 0.6 is 0 Å². The van der Waals surface area contributed by atoms with Gasteiger partial charge in [-0.1, -0.05) is 13.3 Å². The van der Waals surface area contributed by atoms with E-state index in [4.69, 9.17) is 5.73 Å². The highest BCUT2D eigenvalue weighted by atomic mass is 16.1. The predicted molar refractivity (Wildman–Crippen MR) is 84.9 cm³/mol. The monoisotopic (exact) mass is 293 g/mol. The molecule has 3 aliphatic rings. The van der Waals surface area contributed by atoms with E-state index in [-0.39, 0.29) is 5.91 Å². The molecule has 0 aromatic carbocycles. The maximum Gasteiger partial charge on any atom is 0.238 e. The van der Waals surface area contributed by atoms with Gasteiger partial charge in [0.2, 0.25) is 5.91 Å². The topological polar surface area (TPSA) is 58.4 Å². The molecular weight excluding hydrogens is 262 g/mol. The molecule has 120 valence electrons. The van der Waals surface area contributed by atoms with Gasteiger partial charge >= 0.3 is 0 Å². The molecule has 1 aliphatic heterocycles. The van der Waals surface area contributed by atoms with E-state index in [0.29, 0.717) is 18.0 Å². The molecule has 2 saturated carbocycles. The van der Waals surface area contributed by atoms with Gasteiger partial charge in [0, 0.05) is 18.6 Å². The van der Waals surface area contributed by atoms with Crippen molar-refractivity contribution < 1.29 is 4.79 Å². The summed E-state index contributed by atoms with van der Waals surface area (Å²) in [6.07, 6.45) is 8.08. The number of primary amides is 1. The first-order valence-electron chi connectivity index (χ1n) is 8.83. The molecule has 0 aromatic rings. The van der Waals surface area contributed by atoms with Gasteiger partial charge in [-0.05, 0) is 63.8 Å². The second-order valence-electron chi connectivity index (χ2n) is 7.82. The Balaban J connectivity index is 1.61. The molecule has 4 nitrogen and oxygen atoms in total. The van der Waals surface area contributed by atoms with Gasteiger partial charge in [0.15, 0.2) is 0 Å². The molecule has 3 fully saturated rings. The van der Waals surface area contributed by atoms with Gasteiger partial charge in [-0.2, -0.15) is 0 Å². The van der Waals surface area contributed by atoms with Crippen molar-refractivity contribution in [3.05, 3.63) is 0 Å². The lowest BCUT2D eigenvalue weighted by Gasteiger charge is -2.35. The third-order valence-electron chi connectivity index (χ3n) is 5.98. The van der Waals surface area contributed by atoms with Gasteiger partial charge in [0.05, 0.1) is 0 Å². The van der Waals surface area contributed by atoms with Crippen LogP contribution in [0.3, 0.4) is 0 Å². The molecule has 0 bridgehead atoms. The Hall–Kier alpha value is -0.610. The summed E-state index contributed by atoms with van der Waals surface area (Å²) in [5, 5.41) is 3.62. The quantitative estimate of drug-likeness (QED) is 0.786. The van der Waals surface area contributed by atoms with E-state index in [0.717, 1.165) is 38.1 Å². The van der Waals surface area contributed by atoms with Crippen LogP contribution in [0, 0.1) is 11.8 Å². The Morgan fingerprint density at radius 2 is 2.10 bits per heavy atom. The summed E-state index contributed by atoms with van der Waals surface area (Å²) >= 11 is 0. The Labute approximate surface area is 128 Å². The van der Waals surface area contributed by atoms with Gasteiger partial charge < -0.3 is 16.0 Å². The fraction of sp³-hybridized carbons (Fsp3) is 0.941. The molecule has 4 heteroatoms. The summed E-state index contributed by atoms with van der Waals surface area (Å²) < 4.78 is 0. The molecule has 4 unspecified atom stereocenters. The summed E-state index contributed by atoms with van der Waals surface area (Å²) in [4.78, 5) is 14.8. The SMILES string of the molecule is CC1CC(C)N(CCC2CCCC2(NC2CC2)C(N)=O)C1. The normalized spacial score (nSPS) is 40.8. The molecule has 1 amide bonds. The van der Waals surface area contributed by atoms with Crippen LogP contribution in [-0.2, 0) is 4.79 Å². The van der Waals surface area contributed by atoms with Crippen molar-refractivity contribution in [2.75, 3.05) is 13.1 Å².